The molecular weight excluding hydrogens is 328 g/mol. The molecule has 0 spiro atoms. The first-order valence-corrected chi connectivity index (χ1v) is 8.05. The average molecular weight is 342 g/mol. The van der Waals surface area contributed by atoms with Gasteiger partial charge in [0, 0.05) is 24.2 Å². The number of thiazole rings is 1. The first-order valence-electron chi connectivity index (χ1n) is 7.17. The lowest BCUT2D eigenvalue weighted by Gasteiger charge is -2.21. The van der Waals surface area contributed by atoms with Crippen molar-refractivity contribution in [2.75, 3.05) is 0 Å². The Kier molecular flexibility index (Phi) is 4.66. The van der Waals surface area contributed by atoms with E-state index in [2.05, 4.69) is 15.0 Å². The highest BCUT2D eigenvalue weighted by Crippen LogP contribution is 2.14. The molecule has 1 amide bonds. The van der Waals surface area contributed by atoms with Crippen LogP contribution in [0.2, 0.25) is 0 Å². The van der Waals surface area contributed by atoms with Crippen molar-refractivity contribution >= 4 is 17.2 Å². The number of amides is 1. The number of benzene rings is 1. The third kappa shape index (κ3) is 3.85. The Balaban J connectivity index is 1.92. The molecule has 0 aliphatic carbocycles. The van der Waals surface area contributed by atoms with Gasteiger partial charge in [-0.15, -0.1) is 11.3 Å². The normalized spacial score (nSPS) is 10.5. The largest absolute Gasteiger partial charge is 0.326 e. The van der Waals surface area contributed by atoms with Crippen LogP contribution in [0, 0.1) is 0 Å². The van der Waals surface area contributed by atoms with E-state index in [4.69, 9.17) is 0 Å². The molecule has 7 nitrogen and oxygen atoms in total. The second-order valence-electron chi connectivity index (χ2n) is 5.07. The van der Waals surface area contributed by atoms with Crippen LogP contribution in [0.1, 0.15) is 21.1 Å². The fourth-order valence-corrected chi connectivity index (χ4v) is 2.88. The molecule has 8 heteroatoms. The Hall–Kier alpha value is -3.00. The monoisotopic (exact) mass is 342 g/mol. The van der Waals surface area contributed by atoms with Crippen molar-refractivity contribution in [2.24, 2.45) is 0 Å². The molecule has 0 aliphatic heterocycles. The highest BCUT2D eigenvalue weighted by Gasteiger charge is 2.19. The Morgan fingerprint density at radius 2 is 1.92 bits per heavy atom. The molecule has 0 radical (unpaired) electrons. The van der Waals surface area contributed by atoms with Gasteiger partial charge in [0.15, 0.2) is 0 Å². The molecular formula is C16H14N4O3S. The van der Waals surface area contributed by atoms with Crippen molar-refractivity contribution < 1.29 is 4.79 Å². The van der Waals surface area contributed by atoms with Crippen molar-refractivity contribution in [3.05, 3.63) is 85.1 Å². The minimum atomic E-state index is -0.709. The van der Waals surface area contributed by atoms with Gasteiger partial charge in [0.2, 0.25) is 0 Å². The predicted molar refractivity (Wildman–Crippen MR) is 89.8 cm³/mol. The zero-order valence-corrected chi connectivity index (χ0v) is 13.4. The van der Waals surface area contributed by atoms with E-state index in [1.54, 1.807) is 11.1 Å². The van der Waals surface area contributed by atoms with Gasteiger partial charge in [-0.3, -0.25) is 14.6 Å². The number of aromatic nitrogens is 3. The smallest absolute Gasteiger partial charge is 0.326 e. The van der Waals surface area contributed by atoms with E-state index in [1.807, 2.05) is 35.7 Å². The summed E-state index contributed by atoms with van der Waals surface area (Å²) >= 11 is 1.44. The maximum Gasteiger partial charge on any atom is 0.326 e. The van der Waals surface area contributed by atoms with Crippen LogP contribution in [0.3, 0.4) is 0 Å². The van der Waals surface area contributed by atoms with Gasteiger partial charge in [-0.25, -0.2) is 9.78 Å². The molecule has 0 saturated heterocycles. The van der Waals surface area contributed by atoms with E-state index in [0.717, 1.165) is 16.6 Å². The van der Waals surface area contributed by atoms with Crippen molar-refractivity contribution in [3.8, 4) is 0 Å². The third-order valence-electron chi connectivity index (χ3n) is 3.30. The summed E-state index contributed by atoms with van der Waals surface area (Å²) in [6.07, 6.45) is 1.67. The molecule has 122 valence electrons. The number of carbonyl (C=O) groups excluding carboxylic acids is 1. The molecule has 1 aromatic carbocycles. The van der Waals surface area contributed by atoms with Gasteiger partial charge < -0.3 is 9.88 Å². The first kappa shape index (κ1) is 15.9. The zero-order chi connectivity index (χ0) is 16.9. The van der Waals surface area contributed by atoms with Crippen LogP contribution in [0.15, 0.2) is 57.6 Å². The summed E-state index contributed by atoms with van der Waals surface area (Å²) < 4.78 is 0. The molecule has 0 aliphatic rings. The van der Waals surface area contributed by atoms with Crippen molar-refractivity contribution in [1.82, 2.24) is 19.9 Å². The van der Waals surface area contributed by atoms with Gasteiger partial charge in [0.1, 0.15) is 10.7 Å². The fourth-order valence-electron chi connectivity index (χ4n) is 2.25. The quantitative estimate of drug-likeness (QED) is 0.731. The third-order valence-corrected chi connectivity index (χ3v) is 4.07. The summed E-state index contributed by atoms with van der Waals surface area (Å²) in [5, 5.41) is 2.60. The molecule has 3 rings (SSSR count). The van der Waals surface area contributed by atoms with E-state index < -0.39 is 17.2 Å². The molecule has 2 aromatic heterocycles. The average Bonchev–Trinajstić information content (AvgIpc) is 3.07. The molecule has 24 heavy (non-hydrogen) atoms. The number of nitrogens with one attached hydrogen (secondary N) is 2. The second kappa shape index (κ2) is 7.05. The molecule has 2 N–H and O–H groups in total. The van der Waals surface area contributed by atoms with Crippen LogP contribution in [-0.4, -0.2) is 25.8 Å². The van der Waals surface area contributed by atoms with Crippen LogP contribution < -0.4 is 11.2 Å². The van der Waals surface area contributed by atoms with Gasteiger partial charge in [0.05, 0.1) is 6.54 Å². The molecule has 0 fully saturated rings. The van der Waals surface area contributed by atoms with Gasteiger partial charge in [0.25, 0.3) is 11.5 Å². The maximum atomic E-state index is 12.8. The minimum absolute atomic E-state index is 0.0452. The number of nitrogens with zero attached hydrogens (tertiary/aromatic N) is 2. The summed E-state index contributed by atoms with van der Waals surface area (Å²) in [6, 6.07) is 10.6. The van der Waals surface area contributed by atoms with Gasteiger partial charge >= 0.3 is 5.69 Å². The number of H-pyrrole nitrogens is 2. The zero-order valence-electron chi connectivity index (χ0n) is 12.6. The summed E-state index contributed by atoms with van der Waals surface area (Å²) in [4.78, 5) is 45.8. The van der Waals surface area contributed by atoms with E-state index >= 15 is 0 Å². The number of aromatic amines is 2. The predicted octanol–water partition coefficient (Wildman–Crippen LogP) is 1.36. The van der Waals surface area contributed by atoms with E-state index in [9.17, 15) is 14.4 Å². The molecule has 3 aromatic rings. The number of rotatable bonds is 5. The van der Waals surface area contributed by atoms with Gasteiger partial charge in [-0.1, -0.05) is 30.3 Å². The molecule has 0 bridgehead atoms. The lowest BCUT2D eigenvalue weighted by molar-refractivity contribution is 0.0723. The summed E-state index contributed by atoms with van der Waals surface area (Å²) in [5.41, 5.74) is -0.429. The maximum absolute atomic E-state index is 12.8. The minimum Gasteiger partial charge on any atom is -0.326 e. The lowest BCUT2D eigenvalue weighted by atomic mass is 10.2. The van der Waals surface area contributed by atoms with Crippen LogP contribution in [0.5, 0.6) is 0 Å². The topological polar surface area (TPSA) is 98.9 Å². The molecule has 0 saturated carbocycles. The summed E-state index contributed by atoms with van der Waals surface area (Å²) in [7, 11) is 0. The first-order chi connectivity index (χ1) is 11.6. The van der Waals surface area contributed by atoms with Crippen molar-refractivity contribution in [2.45, 2.75) is 13.1 Å². The van der Waals surface area contributed by atoms with Gasteiger partial charge in [-0.2, -0.15) is 0 Å². The molecule has 0 atom stereocenters. The second-order valence-corrected chi connectivity index (χ2v) is 6.05. The van der Waals surface area contributed by atoms with Crippen molar-refractivity contribution in [3.63, 3.8) is 0 Å². The van der Waals surface area contributed by atoms with Crippen LogP contribution in [-0.2, 0) is 13.1 Å². The molecule has 2 heterocycles. The number of hydrogen-bond acceptors (Lipinski definition) is 5. The lowest BCUT2D eigenvalue weighted by Crippen LogP contribution is -2.34. The number of carbonyl (C=O) groups is 1. The number of hydrogen-bond donors (Lipinski definition) is 2. The van der Waals surface area contributed by atoms with E-state index in [1.165, 1.54) is 11.3 Å². The Bertz CT molecular complexity index is 903. The van der Waals surface area contributed by atoms with Gasteiger partial charge in [-0.05, 0) is 5.56 Å². The molecule has 0 unspecified atom stereocenters. The Labute approximate surface area is 140 Å². The highest BCUT2D eigenvalue weighted by molar-refractivity contribution is 7.09. The Morgan fingerprint density at radius 3 is 2.58 bits per heavy atom. The van der Waals surface area contributed by atoms with E-state index in [0.29, 0.717) is 13.1 Å². The van der Waals surface area contributed by atoms with Crippen LogP contribution in [0.25, 0.3) is 0 Å². The highest BCUT2D eigenvalue weighted by atomic mass is 32.1. The summed E-state index contributed by atoms with van der Waals surface area (Å²) in [6.45, 7) is 0.633. The Morgan fingerprint density at radius 1 is 1.12 bits per heavy atom. The van der Waals surface area contributed by atoms with Crippen molar-refractivity contribution in [1.29, 1.82) is 0 Å². The SMILES string of the molecule is O=C(c1cc(=O)[nH]c(=O)[nH]1)N(Cc1ccccc1)Cc1nccs1. The standard InChI is InChI=1S/C16H14N4O3S/c21-13-8-12(18-16(23)19-13)15(22)20(10-14-17-6-7-24-14)9-11-4-2-1-3-5-11/h1-8H,9-10H2,(H2,18,19,21,23). The van der Waals surface area contributed by atoms with E-state index in [-0.39, 0.29) is 5.69 Å². The fraction of sp³-hybridized carbons (Fsp3) is 0.125. The van der Waals surface area contributed by atoms with Crippen LogP contribution in [0.4, 0.5) is 0 Å². The van der Waals surface area contributed by atoms with Crippen LogP contribution >= 0.6 is 11.3 Å². The summed E-state index contributed by atoms with van der Waals surface area (Å²) in [5.74, 6) is -0.433.